The number of benzene rings is 3. The highest BCUT2D eigenvalue weighted by atomic mass is 79.9. The summed E-state index contributed by atoms with van der Waals surface area (Å²) in [6.45, 7) is 0.525. The molecule has 3 rings (SSSR count). The van der Waals surface area contributed by atoms with E-state index in [1.807, 2.05) is 66.7 Å². The first-order valence-electron chi connectivity index (χ1n) is 8.06. The molecule has 0 heterocycles. The third-order valence-electron chi connectivity index (χ3n) is 3.61. The number of hydrogen-bond acceptors (Lipinski definition) is 3. The van der Waals surface area contributed by atoms with Crippen LogP contribution >= 0.6 is 15.9 Å². The monoisotopic (exact) mass is 408 g/mol. The number of amides is 1. The normalized spacial score (nSPS) is 10.7. The van der Waals surface area contributed by atoms with E-state index in [1.54, 1.807) is 18.3 Å². The number of carbonyl (C=O) groups excluding carboxylic acids is 1. The van der Waals surface area contributed by atoms with E-state index in [1.165, 1.54) is 0 Å². The molecule has 0 radical (unpaired) electrons. The molecule has 0 bridgehead atoms. The quantitative estimate of drug-likeness (QED) is 0.470. The summed E-state index contributed by atoms with van der Waals surface area (Å²) in [6.07, 6.45) is 1.59. The molecule has 130 valence electrons. The molecule has 26 heavy (non-hydrogen) atoms. The zero-order valence-electron chi connectivity index (χ0n) is 13.9. The van der Waals surface area contributed by atoms with Crippen molar-refractivity contribution in [2.75, 3.05) is 0 Å². The number of nitrogens with one attached hydrogen (secondary N) is 1. The maximum absolute atomic E-state index is 12.0. The zero-order chi connectivity index (χ0) is 18.2. The van der Waals surface area contributed by atoms with Crippen LogP contribution in [-0.4, -0.2) is 12.1 Å². The lowest BCUT2D eigenvalue weighted by Crippen LogP contribution is -2.17. The maximum atomic E-state index is 12.0. The second-order valence-corrected chi connectivity index (χ2v) is 6.47. The summed E-state index contributed by atoms with van der Waals surface area (Å²) in [5.41, 5.74) is 5.05. The molecule has 0 spiro atoms. The molecule has 0 aromatic heterocycles. The molecule has 0 unspecified atom stereocenters. The van der Waals surface area contributed by atoms with Crippen LogP contribution in [0.2, 0.25) is 0 Å². The van der Waals surface area contributed by atoms with Crippen molar-refractivity contribution in [1.82, 2.24) is 5.43 Å². The van der Waals surface area contributed by atoms with Crippen molar-refractivity contribution in [3.05, 3.63) is 100 Å². The van der Waals surface area contributed by atoms with E-state index in [0.29, 0.717) is 12.2 Å². The number of rotatable bonds is 6. The molecule has 5 heteroatoms. The molecule has 1 amide bonds. The van der Waals surface area contributed by atoms with Gasteiger partial charge in [-0.25, -0.2) is 5.43 Å². The predicted octanol–water partition coefficient (Wildman–Crippen LogP) is 4.79. The van der Waals surface area contributed by atoms with Crippen LogP contribution in [0.5, 0.6) is 5.75 Å². The second kappa shape index (κ2) is 8.97. The number of hydrogen-bond donors (Lipinski definition) is 1. The average Bonchev–Trinajstić information content (AvgIpc) is 2.68. The van der Waals surface area contributed by atoms with Crippen molar-refractivity contribution in [3.8, 4) is 5.75 Å². The molecule has 1 N–H and O–H groups in total. The van der Waals surface area contributed by atoms with E-state index in [2.05, 4.69) is 26.5 Å². The van der Waals surface area contributed by atoms with Crippen LogP contribution in [0.15, 0.2) is 88.4 Å². The maximum Gasteiger partial charge on any atom is 0.271 e. The Hall–Kier alpha value is -2.92. The van der Waals surface area contributed by atoms with Crippen LogP contribution < -0.4 is 10.2 Å². The summed E-state index contributed by atoms with van der Waals surface area (Å²) >= 11 is 3.34. The van der Waals surface area contributed by atoms with Crippen LogP contribution in [0, 0.1) is 0 Å². The van der Waals surface area contributed by atoms with Crippen LogP contribution in [0.4, 0.5) is 0 Å². The minimum atomic E-state index is -0.253. The number of hydrazone groups is 1. The summed E-state index contributed by atoms with van der Waals surface area (Å²) in [5, 5.41) is 3.99. The van der Waals surface area contributed by atoms with Crippen LogP contribution in [0.3, 0.4) is 0 Å². The summed E-state index contributed by atoms with van der Waals surface area (Å²) in [6, 6.07) is 24.6. The van der Waals surface area contributed by atoms with Crippen LogP contribution in [-0.2, 0) is 6.61 Å². The van der Waals surface area contributed by atoms with Crippen molar-refractivity contribution in [1.29, 1.82) is 0 Å². The largest absolute Gasteiger partial charge is 0.489 e. The predicted molar refractivity (Wildman–Crippen MR) is 106 cm³/mol. The Morgan fingerprint density at radius 3 is 2.35 bits per heavy atom. The van der Waals surface area contributed by atoms with E-state index in [0.717, 1.165) is 21.3 Å². The van der Waals surface area contributed by atoms with E-state index in [-0.39, 0.29) is 5.91 Å². The molecule has 0 saturated heterocycles. The zero-order valence-corrected chi connectivity index (χ0v) is 15.5. The molecule has 3 aromatic rings. The van der Waals surface area contributed by atoms with Gasteiger partial charge in [0.25, 0.3) is 5.91 Å². The fourth-order valence-electron chi connectivity index (χ4n) is 2.22. The number of nitrogens with zero attached hydrogens (tertiary/aromatic N) is 1. The lowest BCUT2D eigenvalue weighted by molar-refractivity contribution is 0.0955. The van der Waals surface area contributed by atoms with Gasteiger partial charge in [0.2, 0.25) is 0 Å². The number of halogens is 1. The molecule has 0 aliphatic rings. The summed E-state index contributed by atoms with van der Waals surface area (Å²) in [4.78, 5) is 12.0. The van der Waals surface area contributed by atoms with Gasteiger partial charge in [0.05, 0.1) is 6.21 Å². The molecule has 0 atom stereocenters. The Morgan fingerprint density at radius 2 is 1.65 bits per heavy atom. The fraction of sp³-hybridized carbons (Fsp3) is 0.0476. The molecule has 4 nitrogen and oxygen atoms in total. The van der Waals surface area contributed by atoms with Gasteiger partial charge in [0.1, 0.15) is 12.4 Å². The van der Waals surface area contributed by atoms with Gasteiger partial charge in [0, 0.05) is 10.0 Å². The van der Waals surface area contributed by atoms with Gasteiger partial charge < -0.3 is 4.74 Å². The van der Waals surface area contributed by atoms with Gasteiger partial charge in [0.15, 0.2) is 0 Å². The van der Waals surface area contributed by atoms with Crippen molar-refractivity contribution in [3.63, 3.8) is 0 Å². The van der Waals surface area contributed by atoms with Crippen molar-refractivity contribution in [2.24, 2.45) is 5.10 Å². The van der Waals surface area contributed by atoms with E-state index >= 15 is 0 Å². The number of ether oxygens (including phenoxy) is 1. The van der Waals surface area contributed by atoms with Crippen molar-refractivity contribution in [2.45, 2.75) is 6.61 Å². The summed E-state index contributed by atoms with van der Waals surface area (Å²) < 4.78 is 6.66. The number of carbonyl (C=O) groups is 1. The highest BCUT2D eigenvalue weighted by Gasteiger charge is 2.03. The molecule has 0 saturated carbocycles. The second-order valence-electron chi connectivity index (χ2n) is 5.55. The minimum absolute atomic E-state index is 0.253. The lowest BCUT2D eigenvalue weighted by Gasteiger charge is -2.06. The van der Waals surface area contributed by atoms with Gasteiger partial charge in [-0.1, -0.05) is 46.3 Å². The molecule has 0 fully saturated rings. The minimum Gasteiger partial charge on any atom is -0.489 e. The van der Waals surface area contributed by atoms with Crippen LogP contribution in [0.1, 0.15) is 21.5 Å². The summed E-state index contributed by atoms with van der Waals surface area (Å²) in [7, 11) is 0. The first-order chi connectivity index (χ1) is 12.7. The van der Waals surface area contributed by atoms with Gasteiger partial charge in [-0.3, -0.25) is 4.79 Å². The van der Waals surface area contributed by atoms with Crippen molar-refractivity contribution >= 4 is 28.1 Å². The topological polar surface area (TPSA) is 50.7 Å². The molecule has 0 aliphatic heterocycles. The van der Waals surface area contributed by atoms with E-state index < -0.39 is 0 Å². The smallest absolute Gasteiger partial charge is 0.271 e. The third kappa shape index (κ3) is 5.29. The molecular formula is C21H17BrN2O2. The Labute approximate surface area is 160 Å². The summed E-state index contributed by atoms with van der Waals surface area (Å²) in [5.74, 6) is 0.529. The van der Waals surface area contributed by atoms with E-state index in [9.17, 15) is 4.79 Å². The highest BCUT2D eigenvalue weighted by Crippen LogP contribution is 2.13. The molecule has 3 aromatic carbocycles. The highest BCUT2D eigenvalue weighted by molar-refractivity contribution is 9.10. The Balaban J connectivity index is 1.51. The Bertz CT molecular complexity index is 876. The first kappa shape index (κ1) is 17.9. The first-order valence-corrected chi connectivity index (χ1v) is 8.86. The van der Waals surface area contributed by atoms with Crippen LogP contribution in [0.25, 0.3) is 0 Å². The Kier molecular flexibility index (Phi) is 6.17. The molecule has 0 aliphatic carbocycles. The van der Waals surface area contributed by atoms with Gasteiger partial charge >= 0.3 is 0 Å². The van der Waals surface area contributed by atoms with E-state index in [4.69, 9.17) is 4.74 Å². The third-order valence-corrected chi connectivity index (χ3v) is 4.14. The Morgan fingerprint density at radius 1 is 0.962 bits per heavy atom. The lowest BCUT2D eigenvalue weighted by atomic mass is 10.2. The van der Waals surface area contributed by atoms with Gasteiger partial charge in [-0.15, -0.1) is 0 Å². The van der Waals surface area contributed by atoms with Crippen molar-refractivity contribution < 1.29 is 9.53 Å². The SMILES string of the molecule is O=C(N/N=C/c1ccc(OCc2ccccc2)cc1)c1ccc(Br)cc1. The fourth-order valence-corrected chi connectivity index (χ4v) is 2.49. The average molecular weight is 409 g/mol. The van der Waals surface area contributed by atoms with Gasteiger partial charge in [-0.05, 0) is 59.7 Å². The molecular weight excluding hydrogens is 392 g/mol. The standard InChI is InChI=1S/C21H17BrN2O2/c22-19-10-8-18(9-11-19)21(25)24-23-14-16-6-12-20(13-7-16)26-15-17-4-2-1-3-5-17/h1-14H,15H2,(H,24,25)/b23-14+. The van der Waals surface area contributed by atoms with Gasteiger partial charge in [-0.2, -0.15) is 5.10 Å².